The van der Waals surface area contributed by atoms with E-state index in [0.717, 1.165) is 24.3 Å². The summed E-state index contributed by atoms with van der Waals surface area (Å²) in [6.45, 7) is 2.02. The number of aliphatic hydroxyl groups is 1. The van der Waals surface area contributed by atoms with E-state index in [0.29, 0.717) is 5.69 Å². The second-order valence-electron chi connectivity index (χ2n) is 2.88. The number of para-hydroxylation sites is 1. The first kappa shape index (κ1) is 10.5. The monoisotopic (exact) mass is 191 g/mol. The topological polar surface area (TPSA) is 53.1 Å². The van der Waals surface area contributed by atoms with E-state index in [1.165, 1.54) is 5.56 Å². The Morgan fingerprint density at radius 1 is 1.36 bits per heavy atom. The molecule has 3 heteroatoms. The summed E-state index contributed by atoms with van der Waals surface area (Å²) in [6.07, 6.45) is 0.833. The largest absolute Gasteiger partial charge is 0.400 e. The van der Waals surface area contributed by atoms with Crippen LogP contribution in [0.15, 0.2) is 24.3 Å². The number of aromatic amines is 1. The summed E-state index contributed by atoms with van der Waals surface area (Å²) in [5.74, 6) is 0. The predicted octanol–water partition coefficient (Wildman–Crippen LogP) is 1.90. The summed E-state index contributed by atoms with van der Waals surface area (Å²) in [4.78, 5) is 13.5. The van der Waals surface area contributed by atoms with Gasteiger partial charge in [-0.2, -0.15) is 0 Å². The molecule has 1 aromatic heterocycles. The van der Waals surface area contributed by atoms with Gasteiger partial charge in [-0.1, -0.05) is 18.2 Å². The van der Waals surface area contributed by atoms with Gasteiger partial charge in [-0.3, -0.25) is 4.79 Å². The molecule has 0 fully saturated rings. The standard InChI is InChI=1S/C10H9NO.CH4O/c1-7-3-2-4-8-5-9(6-12)11-10(7)8;1-2/h2-6,11H,1H3;2H,1H3. The van der Waals surface area contributed by atoms with Crippen molar-refractivity contribution in [2.75, 3.05) is 7.11 Å². The van der Waals surface area contributed by atoms with Crippen LogP contribution in [0.5, 0.6) is 0 Å². The zero-order valence-corrected chi connectivity index (χ0v) is 8.24. The molecule has 0 bridgehead atoms. The highest BCUT2D eigenvalue weighted by Crippen LogP contribution is 2.17. The van der Waals surface area contributed by atoms with E-state index in [-0.39, 0.29) is 0 Å². The average Bonchev–Trinajstić information content (AvgIpc) is 2.65. The molecule has 2 rings (SSSR count). The highest BCUT2D eigenvalue weighted by molar-refractivity contribution is 5.89. The number of fused-ring (bicyclic) bond motifs is 1. The minimum atomic E-state index is 0.638. The van der Waals surface area contributed by atoms with E-state index in [1.807, 2.05) is 31.2 Å². The van der Waals surface area contributed by atoms with Gasteiger partial charge in [0.15, 0.2) is 6.29 Å². The van der Waals surface area contributed by atoms with Crippen molar-refractivity contribution in [3.05, 3.63) is 35.5 Å². The van der Waals surface area contributed by atoms with Gasteiger partial charge in [0.05, 0.1) is 5.69 Å². The molecule has 0 atom stereocenters. The second-order valence-corrected chi connectivity index (χ2v) is 2.88. The van der Waals surface area contributed by atoms with Crippen LogP contribution in [0.4, 0.5) is 0 Å². The second kappa shape index (κ2) is 4.58. The van der Waals surface area contributed by atoms with E-state index in [4.69, 9.17) is 5.11 Å². The first-order chi connectivity index (χ1) is 6.81. The van der Waals surface area contributed by atoms with Crippen LogP contribution in [0, 0.1) is 6.92 Å². The molecule has 0 aliphatic carbocycles. The van der Waals surface area contributed by atoms with Crippen LogP contribution in [0.3, 0.4) is 0 Å². The maximum atomic E-state index is 10.5. The Morgan fingerprint density at radius 3 is 2.64 bits per heavy atom. The van der Waals surface area contributed by atoms with Crippen LogP contribution in [-0.4, -0.2) is 23.5 Å². The molecule has 2 aromatic rings. The number of aliphatic hydroxyl groups excluding tert-OH is 1. The Balaban J connectivity index is 0.000000461. The lowest BCUT2D eigenvalue weighted by Gasteiger charge is -1.92. The fraction of sp³-hybridized carbons (Fsp3) is 0.182. The fourth-order valence-corrected chi connectivity index (χ4v) is 1.39. The molecule has 0 saturated carbocycles. The average molecular weight is 191 g/mol. The van der Waals surface area contributed by atoms with Crippen LogP contribution in [0.1, 0.15) is 16.1 Å². The van der Waals surface area contributed by atoms with Crippen molar-refractivity contribution in [2.24, 2.45) is 0 Å². The Bertz CT molecular complexity index is 432. The Morgan fingerprint density at radius 2 is 2.07 bits per heavy atom. The minimum Gasteiger partial charge on any atom is -0.400 e. The third-order valence-electron chi connectivity index (χ3n) is 2.01. The van der Waals surface area contributed by atoms with Gasteiger partial charge in [-0.25, -0.2) is 0 Å². The van der Waals surface area contributed by atoms with E-state index in [2.05, 4.69) is 4.98 Å². The SMILES string of the molecule is CO.Cc1cccc2cc(C=O)[nH]c12. The molecule has 1 heterocycles. The Kier molecular flexibility index (Phi) is 3.42. The summed E-state index contributed by atoms with van der Waals surface area (Å²) >= 11 is 0. The van der Waals surface area contributed by atoms with Crippen molar-refractivity contribution >= 4 is 17.2 Å². The van der Waals surface area contributed by atoms with Crippen LogP contribution in [0.25, 0.3) is 10.9 Å². The number of benzene rings is 1. The molecule has 0 aliphatic heterocycles. The van der Waals surface area contributed by atoms with Crippen molar-refractivity contribution in [1.29, 1.82) is 0 Å². The zero-order chi connectivity index (χ0) is 10.6. The van der Waals surface area contributed by atoms with Crippen molar-refractivity contribution in [3.63, 3.8) is 0 Å². The number of rotatable bonds is 1. The minimum absolute atomic E-state index is 0.638. The fourth-order valence-electron chi connectivity index (χ4n) is 1.39. The van der Waals surface area contributed by atoms with Crippen LogP contribution in [0.2, 0.25) is 0 Å². The van der Waals surface area contributed by atoms with Gasteiger partial charge in [0, 0.05) is 18.0 Å². The third kappa shape index (κ3) is 1.83. The number of carbonyl (C=O) groups excluding carboxylic acids is 1. The summed E-state index contributed by atoms with van der Waals surface area (Å²) in [5.41, 5.74) is 2.86. The lowest BCUT2D eigenvalue weighted by Crippen LogP contribution is -1.77. The maximum Gasteiger partial charge on any atom is 0.166 e. The van der Waals surface area contributed by atoms with E-state index in [9.17, 15) is 4.79 Å². The number of carbonyl (C=O) groups is 1. The number of H-pyrrole nitrogens is 1. The molecule has 2 N–H and O–H groups in total. The summed E-state index contributed by atoms with van der Waals surface area (Å²) in [6, 6.07) is 7.86. The molecule has 0 saturated heterocycles. The third-order valence-corrected chi connectivity index (χ3v) is 2.01. The molecule has 0 amide bonds. The van der Waals surface area contributed by atoms with Gasteiger partial charge in [-0.05, 0) is 18.6 Å². The van der Waals surface area contributed by atoms with E-state index >= 15 is 0 Å². The molecule has 0 unspecified atom stereocenters. The smallest absolute Gasteiger partial charge is 0.166 e. The van der Waals surface area contributed by atoms with E-state index in [1.54, 1.807) is 0 Å². The highest BCUT2D eigenvalue weighted by atomic mass is 16.2. The number of hydrogen-bond donors (Lipinski definition) is 2. The molecule has 0 spiro atoms. The Labute approximate surface area is 82.4 Å². The molecule has 0 aliphatic rings. The van der Waals surface area contributed by atoms with Gasteiger partial charge in [0.2, 0.25) is 0 Å². The van der Waals surface area contributed by atoms with Gasteiger partial charge >= 0.3 is 0 Å². The van der Waals surface area contributed by atoms with Gasteiger partial charge in [-0.15, -0.1) is 0 Å². The van der Waals surface area contributed by atoms with Crippen LogP contribution >= 0.6 is 0 Å². The molecule has 1 aromatic carbocycles. The molecule has 14 heavy (non-hydrogen) atoms. The van der Waals surface area contributed by atoms with Crippen molar-refractivity contribution in [2.45, 2.75) is 6.92 Å². The normalized spacial score (nSPS) is 9.36. The maximum absolute atomic E-state index is 10.5. The van der Waals surface area contributed by atoms with Crippen molar-refractivity contribution < 1.29 is 9.90 Å². The van der Waals surface area contributed by atoms with Gasteiger partial charge in [0.25, 0.3) is 0 Å². The summed E-state index contributed by atoms with van der Waals surface area (Å²) in [5, 5.41) is 8.09. The molecule has 0 radical (unpaired) electrons. The molecular weight excluding hydrogens is 178 g/mol. The first-order valence-electron chi connectivity index (χ1n) is 4.29. The van der Waals surface area contributed by atoms with Crippen LogP contribution < -0.4 is 0 Å². The zero-order valence-electron chi connectivity index (χ0n) is 8.24. The van der Waals surface area contributed by atoms with Crippen molar-refractivity contribution in [1.82, 2.24) is 4.98 Å². The quantitative estimate of drug-likeness (QED) is 0.676. The first-order valence-corrected chi connectivity index (χ1v) is 4.29. The summed E-state index contributed by atoms with van der Waals surface area (Å²) < 4.78 is 0. The Hall–Kier alpha value is -1.61. The molecule has 3 nitrogen and oxygen atoms in total. The molecular formula is C11H13NO2. The summed E-state index contributed by atoms with van der Waals surface area (Å²) in [7, 11) is 1.00. The van der Waals surface area contributed by atoms with Crippen LogP contribution in [-0.2, 0) is 0 Å². The predicted molar refractivity (Wildman–Crippen MR) is 56.6 cm³/mol. The van der Waals surface area contributed by atoms with Gasteiger partial charge in [0.1, 0.15) is 0 Å². The number of hydrogen-bond acceptors (Lipinski definition) is 2. The van der Waals surface area contributed by atoms with Crippen molar-refractivity contribution in [3.8, 4) is 0 Å². The number of nitrogens with one attached hydrogen (secondary N) is 1. The molecule has 74 valence electrons. The highest BCUT2D eigenvalue weighted by Gasteiger charge is 2.00. The number of aromatic nitrogens is 1. The van der Waals surface area contributed by atoms with Gasteiger partial charge < -0.3 is 10.1 Å². The number of aldehydes is 1. The number of aryl methyl sites for hydroxylation is 1. The lowest BCUT2D eigenvalue weighted by molar-refractivity contribution is 0.112. The lowest BCUT2D eigenvalue weighted by atomic mass is 10.2. The van der Waals surface area contributed by atoms with E-state index < -0.39 is 0 Å².